The summed E-state index contributed by atoms with van der Waals surface area (Å²) in [5, 5.41) is 3.03. The molecule has 0 saturated heterocycles. The normalized spacial score (nSPS) is 24.8. The average molecular weight is 224 g/mol. The lowest BCUT2D eigenvalue weighted by atomic mass is 9.97. The van der Waals surface area contributed by atoms with E-state index in [2.05, 4.69) is 5.32 Å². The Morgan fingerprint density at radius 1 is 1.19 bits per heavy atom. The van der Waals surface area contributed by atoms with Gasteiger partial charge < -0.3 is 11.1 Å². The number of rotatable bonds is 4. The lowest BCUT2D eigenvalue weighted by Gasteiger charge is -2.22. The van der Waals surface area contributed by atoms with Gasteiger partial charge in [-0.1, -0.05) is 38.5 Å². The minimum absolute atomic E-state index is 0.0861. The van der Waals surface area contributed by atoms with Crippen molar-refractivity contribution in [3.05, 3.63) is 0 Å². The van der Waals surface area contributed by atoms with Crippen LogP contribution in [-0.2, 0) is 4.79 Å². The minimum atomic E-state index is -0.546. The number of hydrogen-bond donors (Lipinski definition) is 2. The first-order valence-electron chi connectivity index (χ1n) is 6.78. The average Bonchev–Trinajstić information content (AvgIpc) is 2.90. The van der Waals surface area contributed by atoms with Gasteiger partial charge in [-0.3, -0.25) is 4.79 Å². The third-order valence-electron chi connectivity index (χ3n) is 4.26. The molecule has 3 N–H and O–H groups in total. The molecule has 3 heteroatoms. The minimum Gasteiger partial charge on any atom is -0.354 e. The van der Waals surface area contributed by atoms with E-state index in [0.29, 0.717) is 0 Å². The molecule has 2 rings (SSSR count). The van der Waals surface area contributed by atoms with E-state index in [9.17, 15) is 4.79 Å². The van der Waals surface area contributed by atoms with Crippen LogP contribution in [0.15, 0.2) is 0 Å². The fourth-order valence-corrected chi connectivity index (χ4v) is 3.10. The van der Waals surface area contributed by atoms with Crippen molar-refractivity contribution in [2.45, 2.75) is 63.3 Å². The first kappa shape index (κ1) is 11.9. The Bertz CT molecular complexity index is 240. The van der Waals surface area contributed by atoms with Crippen molar-refractivity contribution in [3.8, 4) is 0 Å². The number of hydrogen-bond acceptors (Lipinski definition) is 2. The SMILES string of the molecule is NC1(C(=O)NCCC2CCCC2)CCCC1. The van der Waals surface area contributed by atoms with Crippen LogP contribution in [-0.4, -0.2) is 18.0 Å². The maximum Gasteiger partial charge on any atom is 0.240 e. The van der Waals surface area contributed by atoms with Crippen LogP contribution in [0.2, 0.25) is 0 Å². The van der Waals surface area contributed by atoms with Gasteiger partial charge in [-0.2, -0.15) is 0 Å². The van der Waals surface area contributed by atoms with E-state index in [1.165, 1.54) is 25.7 Å². The van der Waals surface area contributed by atoms with Crippen LogP contribution in [0, 0.1) is 5.92 Å². The lowest BCUT2D eigenvalue weighted by molar-refractivity contribution is -0.126. The van der Waals surface area contributed by atoms with Crippen LogP contribution in [0.1, 0.15) is 57.8 Å². The number of nitrogens with two attached hydrogens (primary N) is 1. The van der Waals surface area contributed by atoms with Gasteiger partial charge in [0.2, 0.25) is 5.91 Å². The molecule has 0 unspecified atom stereocenters. The molecule has 0 radical (unpaired) electrons. The van der Waals surface area contributed by atoms with Gasteiger partial charge in [0.25, 0.3) is 0 Å². The van der Waals surface area contributed by atoms with Gasteiger partial charge in [-0.25, -0.2) is 0 Å². The third-order valence-corrected chi connectivity index (χ3v) is 4.26. The van der Waals surface area contributed by atoms with E-state index in [4.69, 9.17) is 5.73 Å². The van der Waals surface area contributed by atoms with E-state index in [1.807, 2.05) is 0 Å². The van der Waals surface area contributed by atoms with Crippen molar-refractivity contribution in [1.29, 1.82) is 0 Å². The summed E-state index contributed by atoms with van der Waals surface area (Å²) in [6.07, 6.45) is 10.5. The summed E-state index contributed by atoms with van der Waals surface area (Å²) in [6, 6.07) is 0. The molecule has 3 nitrogen and oxygen atoms in total. The summed E-state index contributed by atoms with van der Waals surface area (Å²) in [5.41, 5.74) is 5.54. The van der Waals surface area contributed by atoms with Gasteiger partial charge >= 0.3 is 0 Å². The van der Waals surface area contributed by atoms with Crippen LogP contribution in [0.4, 0.5) is 0 Å². The number of nitrogens with one attached hydrogen (secondary N) is 1. The van der Waals surface area contributed by atoms with E-state index in [1.54, 1.807) is 0 Å². The molecule has 0 aromatic heterocycles. The molecule has 2 saturated carbocycles. The summed E-state index contributed by atoms with van der Waals surface area (Å²) < 4.78 is 0. The summed E-state index contributed by atoms with van der Waals surface area (Å²) in [7, 11) is 0. The van der Waals surface area contributed by atoms with E-state index in [-0.39, 0.29) is 5.91 Å². The van der Waals surface area contributed by atoms with Crippen molar-refractivity contribution in [3.63, 3.8) is 0 Å². The summed E-state index contributed by atoms with van der Waals surface area (Å²) in [6.45, 7) is 0.822. The van der Waals surface area contributed by atoms with Crippen LogP contribution < -0.4 is 11.1 Å². The molecule has 92 valence electrons. The Labute approximate surface area is 98.2 Å². The van der Waals surface area contributed by atoms with E-state index < -0.39 is 5.54 Å². The van der Waals surface area contributed by atoms with Gasteiger partial charge in [0.05, 0.1) is 5.54 Å². The van der Waals surface area contributed by atoms with Crippen LogP contribution in [0.5, 0.6) is 0 Å². The second kappa shape index (κ2) is 5.17. The van der Waals surface area contributed by atoms with Crippen molar-refractivity contribution in [1.82, 2.24) is 5.32 Å². The van der Waals surface area contributed by atoms with Crippen molar-refractivity contribution in [2.75, 3.05) is 6.54 Å². The number of carbonyl (C=O) groups is 1. The fourth-order valence-electron chi connectivity index (χ4n) is 3.10. The predicted octanol–water partition coefficient (Wildman–Crippen LogP) is 1.95. The van der Waals surface area contributed by atoms with Crippen LogP contribution in [0.3, 0.4) is 0 Å². The molecule has 16 heavy (non-hydrogen) atoms. The largest absolute Gasteiger partial charge is 0.354 e. The van der Waals surface area contributed by atoms with Crippen molar-refractivity contribution >= 4 is 5.91 Å². The first-order valence-corrected chi connectivity index (χ1v) is 6.78. The highest BCUT2D eigenvalue weighted by atomic mass is 16.2. The Hall–Kier alpha value is -0.570. The summed E-state index contributed by atoms with van der Waals surface area (Å²) in [5.74, 6) is 0.931. The Balaban J connectivity index is 1.67. The maximum atomic E-state index is 11.9. The molecule has 0 bridgehead atoms. The van der Waals surface area contributed by atoms with Gasteiger partial charge in [-0.15, -0.1) is 0 Å². The second-order valence-electron chi connectivity index (χ2n) is 5.56. The highest BCUT2D eigenvalue weighted by Crippen LogP contribution is 2.28. The van der Waals surface area contributed by atoms with Gasteiger partial charge in [0.15, 0.2) is 0 Å². The number of carbonyl (C=O) groups excluding carboxylic acids is 1. The highest BCUT2D eigenvalue weighted by molar-refractivity contribution is 5.86. The molecule has 2 aliphatic carbocycles. The van der Waals surface area contributed by atoms with Gasteiger partial charge in [0, 0.05) is 6.54 Å². The zero-order valence-corrected chi connectivity index (χ0v) is 10.1. The monoisotopic (exact) mass is 224 g/mol. The standard InChI is InChI=1S/C13H24N2O/c14-13(8-3-4-9-13)12(16)15-10-7-11-5-1-2-6-11/h11H,1-10,14H2,(H,15,16). The topological polar surface area (TPSA) is 55.1 Å². The molecular formula is C13H24N2O. The molecule has 0 atom stereocenters. The molecule has 0 spiro atoms. The summed E-state index contributed by atoms with van der Waals surface area (Å²) >= 11 is 0. The Morgan fingerprint density at radius 2 is 1.81 bits per heavy atom. The second-order valence-corrected chi connectivity index (χ2v) is 5.56. The molecule has 0 heterocycles. The third kappa shape index (κ3) is 2.76. The van der Waals surface area contributed by atoms with Crippen LogP contribution >= 0.6 is 0 Å². The maximum absolute atomic E-state index is 11.9. The molecule has 1 amide bonds. The predicted molar refractivity (Wildman–Crippen MR) is 65.0 cm³/mol. The van der Waals surface area contributed by atoms with Gasteiger partial charge in [0.1, 0.15) is 0 Å². The number of amides is 1. The molecule has 0 aromatic rings. The fraction of sp³-hybridized carbons (Fsp3) is 0.923. The lowest BCUT2D eigenvalue weighted by Crippen LogP contribution is -2.52. The zero-order valence-electron chi connectivity index (χ0n) is 10.1. The highest BCUT2D eigenvalue weighted by Gasteiger charge is 2.36. The molecule has 0 aliphatic heterocycles. The van der Waals surface area contributed by atoms with Crippen molar-refractivity contribution < 1.29 is 4.79 Å². The molecule has 0 aromatic carbocycles. The zero-order chi connectivity index (χ0) is 11.4. The molecule has 2 fully saturated rings. The van der Waals surface area contributed by atoms with E-state index in [0.717, 1.165) is 44.6 Å². The molecular weight excluding hydrogens is 200 g/mol. The van der Waals surface area contributed by atoms with Crippen LogP contribution in [0.25, 0.3) is 0 Å². The molecule has 2 aliphatic rings. The smallest absolute Gasteiger partial charge is 0.240 e. The first-order chi connectivity index (χ1) is 7.71. The van der Waals surface area contributed by atoms with Crippen molar-refractivity contribution in [2.24, 2.45) is 11.7 Å². The Kier molecular flexibility index (Phi) is 3.85. The quantitative estimate of drug-likeness (QED) is 0.767. The summed E-state index contributed by atoms with van der Waals surface area (Å²) in [4.78, 5) is 11.9. The van der Waals surface area contributed by atoms with Gasteiger partial charge in [-0.05, 0) is 25.2 Å². The van der Waals surface area contributed by atoms with E-state index >= 15 is 0 Å². The Morgan fingerprint density at radius 3 is 2.44 bits per heavy atom.